The highest BCUT2D eigenvalue weighted by atomic mass is 16.1. The average Bonchev–Trinajstić information content (AvgIpc) is 3.15. The molecule has 0 radical (unpaired) electrons. The summed E-state index contributed by atoms with van der Waals surface area (Å²) in [6.07, 6.45) is 5.92. The number of hydrogen-bond donors (Lipinski definition) is 2. The third-order valence-corrected chi connectivity index (χ3v) is 4.04. The van der Waals surface area contributed by atoms with Crippen molar-refractivity contribution in [2.75, 3.05) is 35.2 Å². The predicted molar refractivity (Wildman–Crippen MR) is 98.8 cm³/mol. The number of rotatable bonds is 6. The minimum atomic E-state index is -0.209. The zero-order valence-corrected chi connectivity index (χ0v) is 13.7. The highest BCUT2D eigenvalue weighted by molar-refractivity contribution is 6.03. The lowest BCUT2D eigenvalue weighted by atomic mass is 10.2. The van der Waals surface area contributed by atoms with Gasteiger partial charge in [-0.25, -0.2) is 4.98 Å². The molecule has 2 aromatic rings. The van der Waals surface area contributed by atoms with E-state index in [2.05, 4.69) is 39.2 Å². The van der Waals surface area contributed by atoms with E-state index in [0.29, 0.717) is 12.2 Å². The zero-order chi connectivity index (χ0) is 16.8. The van der Waals surface area contributed by atoms with Crippen LogP contribution in [0.3, 0.4) is 0 Å². The van der Waals surface area contributed by atoms with E-state index in [9.17, 15) is 4.79 Å². The molecule has 0 spiro atoms. The van der Waals surface area contributed by atoms with Gasteiger partial charge in [-0.1, -0.05) is 6.08 Å². The van der Waals surface area contributed by atoms with Crippen LogP contribution in [-0.4, -0.2) is 30.5 Å². The molecule has 0 saturated carbocycles. The summed E-state index contributed by atoms with van der Waals surface area (Å²) in [7, 11) is 0. The number of aromatic nitrogens is 1. The molecule has 5 heteroatoms. The summed E-state index contributed by atoms with van der Waals surface area (Å²) in [5.41, 5.74) is 3.24. The summed E-state index contributed by atoms with van der Waals surface area (Å²) in [5.74, 6) is -0.209. The molecular weight excluding hydrogens is 300 g/mol. The lowest BCUT2D eigenvalue weighted by Crippen LogP contribution is -2.17. The van der Waals surface area contributed by atoms with Crippen LogP contribution in [0, 0.1) is 0 Å². The largest absolute Gasteiger partial charge is 0.380 e. The molecule has 0 atom stereocenters. The number of hydrogen-bond acceptors (Lipinski definition) is 4. The quantitative estimate of drug-likeness (QED) is 0.799. The van der Waals surface area contributed by atoms with Crippen molar-refractivity contribution in [1.29, 1.82) is 0 Å². The van der Waals surface area contributed by atoms with Gasteiger partial charge in [-0.05, 0) is 49.2 Å². The lowest BCUT2D eigenvalue weighted by molar-refractivity contribution is 0.102. The minimum Gasteiger partial charge on any atom is -0.380 e. The molecule has 0 unspecified atom stereocenters. The van der Waals surface area contributed by atoms with Gasteiger partial charge in [0.15, 0.2) is 0 Å². The van der Waals surface area contributed by atoms with Gasteiger partial charge in [0.2, 0.25) is 0 Å². The van der Waals surface area contributed by atoms with E-state index in [1.165, 1.54) is 18.5 Å². The third-order valence-electron chi connectivity index (χ3n) is 4.04. The van der Waals surface area contributed by atoms with Crippen molar-refractivity contribution in [3.8, 4) is 0 Å². The first kappa shape index (κ1) is 16.1. The second-order valence-electron chi connectivity index (χ2n) is 5.80. The van der Waals surface area contributed by atoms with E-state index in [-0.39, 0.29) is 5.91 Å². The Balaban J connectivity index is 1.60. The first-order valence-electron chi connectivity index (χ1n) is 8.23. The maximum absolute atomic E-state index is 12.3. The second-order valence-corrected chi connectivity index (χ2v) is 5.80. The van der Waals surface area contributed by atoms with E-state index in [1.807, 2.05) is 18.2 Å². The number of nitrogens with one attached hydrogen (secondary N) is 2. The Morgan fingerprint density at radius 1 is 1.12 bits per heavy atom. The van der Waals surface area contributed by atoms with Crippen molar-refractivity contribution >= 4 is 23.0 Å². The molecule has 0 bridgehead atoms. The fraction of sp³-hybridized carbons (Fsp3) is 0.263. The Bertz CT molecular complexity index is 688. The number of anilines is 3. The Kier molecular flexibility index (Phi) is 5.11. The van der Waals surface area contributed by atoms with Gasteiger partial charge in [-0.2, -0.15) is 0 Å². The molecule has 1 amide bonds. The predicted octanol–water partition coefficient (Wildman–Crippen LogP) is 3.53. The number of carbonyl (C=O) groups is 1. The number of pyridine rings is 1. The van der Waals surface area contributed by atoms with Crippen LogP contribution in [-0.2, 0) is 0 Å². The highest BCUT2D eigenvalue weighted by Crippen LogP contribution is 2.22. The molecular formula is C19H22N4O. The summed E-state index contributed by atoms with van der Waals surface area (Å²) in [5, 5.41) is 6.01. The van der Waals surface area contributed by atoms with Crippen molar-refractivity contribution in [3.63, 3.8) is 0 Å². The van der Waals surface area contributed by atoms with Crippen LogP contribution in [0.5, 0.6) is 0 Å². The van der Waals surface area contributed by atoms with E-state index < -0.39 is 0 Å². The molecule has 1 saturated heterocycles. The van der Waals surface area contributed by atoms with Crippen molar-refractivity contribution in [2.45, 2.75) is 12.8 Å². The number of nitrogens with zero attached hydrogens (tertiary/aromatic N) is 2. The monoisotopic (exact) mass is 322 g/mol. The van der Waals surface area contributed by atoms with Crippen LogP contribution >= 0.6 is 0 Å². The second kappa shape index (κ2) is 7.64. The SMILES string of the molecule is C=CCNc1ccc(C(=O)Nc2ccc(N3CCCC3)cc2)nc1. The Morgan fingerprint density at radius 2 is 1.83 bits per heavy atom. The Morgan fingerprint density at radius 3 is 2.46 bits per heavy atom. The van der Waals surface area contributed by atoms with Gasteiger partial charge in [0.1, 0.15) is 5.69 Å². The fourth-order valence-corrected chi connectivity index (χ4v) is 2.75. The molecule has 0 aliphatic carbocycles. The van der Waals surface area contributed by atoms with Gasteiger partial charge in [-0.15, -0.1) is 6.58 Å². The first-order valence-corrected chi connectivity index (χ1v) is 8.23. The molecule has 1 aliphatic heterocycles. The number of amides is 1. The minimum absolute atomic E-state index is 0.209. The molecule has 2 N–H and O–H groups in total. The molecule has 5 nitrogen and oxygen atoms in total. The van der Waals surface area contributed by atoms with Crippen molar-refractivity contribution in [2.24, 2.45) is 0 Å². The maximum Gasteiger partial charge on any atom is 0.274 e. The summed E-state index contributed by atoms with van der Waals surface area (Å²) in [6, 6.07) is 11.5. The highest BCUT2D eigenvalue weighted by Gasteiger charge is 2.12. The zero-order valence-electron chi connectivity index (χ0n) is 13.7. The molecule has 1 aromatic carbocycles. The van der Waals surface area contributed by atoms with Crippen LogP contribution in [0.25, 0.3) is 0 Å². The standard InChI is InChI=1S/C19H22N4O/c1-2-11-20-16-7-10-18(21-14-16)19(24)22-15-5-8-17(9-6-15)23-12-3-4-13-23/h2,5-10,14,20H,1,3-4,11-13H2,(H,22,24). The van der Waals surface area contributed by atoms with Crippen LogP contribution in [0.1, 0.15) is 23.3 Å². The summed E-state index contributed by atoms with van der Waals surface area (Å²) >= 11 is 0. The van der Waals surface area contributed by atoms with Gasteiger partial charge >= 0.3 is 0 Å². The van der Waals surface area contributed by atoms with Gasteiger partial charge in [-0.3, -0.25) is 4.79 Å². The topological polar surface area (TPSA) is 57.3 Å². The molecule has 2 heterocycles. The molecule has 1 aliphatic rings. The van der Waals surface area contributed by atoms with Crippen LogP contribution in [0.2, 0.25) is 0 Å². The van der Waals surface area contributed by atoms with Crippen LogP contribution in [0.15, 0.2) is 55.3 Å². The van der Waals surface area contributed by atoms with Gasteiger partial charge < -0.3 is 15.5 Å². The molecule has 1 aromatic heterocycles. The van der Waals surface area contributed by atoms with Crippen molar-refractivity contribution in [3.05, 3.63) is 60.9 Å². The molecule has 1 fully saturated rings. The van der Waals surface area contributed by atoms with Crippen molar-refractivity contribution < 1.29 is 4.79 Å². The van der Waals surface area contributed by atoms with E-state index in [4.69, 9.17) is 0 Å². The Labute approximate surface area is 142 Å². The smallest absolute Gasteiger partial charge is 0.274 e. The van der Waals surface area contributed by atoms with Crippen molar-refractivity contribution in [1.82, 2.24) is 4.98 Å². The van der Waals surface area contributed by atoms with Crippen LogP contribution in [0.4, 0.5) is 17.1 Å². The summed E-state index contributed by atoms with van der Waals surface area (Å²) in [6.45, 7) is 6.54. The molecule has 3 rings (SSSR count). The molecule has 124 valence electrons. The summed E-state index contributed by atoms with van der Waals surface area (Å²) in [4.78, 5) is 18.8. The number of carbonyl (C=O) groups excluding carboxylic acids is 1. The average molecular weight is 322 g/mol. The van der Waals surface area contributed by atoms with Gasteiger partial charge in [0.25, 0.3) is 5.91 Å². The molecule has 24 heavy (non-hydrogen) atoms. The summed E-state index contributed by atoms with van der Waals surface area (Å²) < 4.78 is 0. The number of benzene rings is 1. The Hall–Kier alpha value is -2.82. The lowest BCUT2D eigenvalue weighted by Gasteiger charge is -2.17. The first-order chi connectivity index (χ1) is 11.8. The fourth-order valence-electron chi connectivity index (χ4n) is 2.75. The van der Waals surface area contributed by atoms with E-state index in [1.54, 1.807) is 18.3 Å². The maximum atomic E-state index is 12.3. The van der Waals surface area contributed by atoms with E-state index in [0.717, 1.165) is 24.5 Å². The van der Waals surface area contributed by atoms with Gasteiger partial charge in [0.05, 0.1) is 11.9 Å². The third kappa shape index (κ3) is 3.93. The normalized spacial score (nSPS) is 13.6. The van der Waals surface area contributed by atoms with Gasteiger partial charge in [0, 0.05) is 31.0 Å². The van der Waals surface area contributed by atoms with Crippen LogP contribution < -0.4 is 15.5 Å². The van der Waals surface area contributed by atoms with E-state index >= 15 is 0 Å².